The third kappa shape index (κ3) is 6.74. The molecular formula is C23H27ClN4O4S2. The number of halogens is 1. The van der Waals surface area contributed by atoms with Crippen molar-refractivity contribution < 1.29 is 19.1 Å². The number of amides is 1. The number of aryl methyl sites for hydroxylation is 3. The van der Waals surface area contributed by atoms with Crippen LogP contribution >= 0.6 is 34.7 Å². The number of nitrogens with one attached hydrogen (secondary N) is 1. The lowest BCUT2D eigenvalue weighted by atomic mass is 10.2. The number of carbonyl (C=O) groups excluding carboxylic acids is 2. The highest BCUT2D eigenvalue weighted by molar-refractivity contribution is 7.99. The second-order valence-electron chi connectivity index (χ2n) is 7.46. The first-order valence-electron chi connectivity index (χ1n) is 10.7. The van der Waals surface area contributed by atoms with Crippen molar-refractivity contribution in [2.75, 3.05) is 24.8 Å². The summed E-state index contributed by atoms with van der Waals surface area (Å²) in [6, 6.07) is 7.31. The van der Waals surface area contributed by atoms with Gasteiger partial charge in [0.15, 0.2) is 5.16 Å². The minimum atomic E-state index is -0.466. The van der Waals surface area contributed by atoms with Gasteiger partial charge in [0.05, 0.1) is 25.0 Å². The molecule has 0 aliphatic rings. The van der Waals surface area contributed by atoms with E-state index in [1.54, 1.807) is 6.07 Å². The van der Waals surface area contributed by atoms with E-state index >= 15 is 0 Å². The number of methoxy groups -OCH3 is 1. The molecule has 3 aromatic rings. The molecule has 8 nitrogen and oxygen atoms in total. The number of aromatic nitrogens is 3. The summed E-state index contributed by atoms with van der Waals surface area (Å²) in [6.45, 7) is 4.50. The molecule has 0 atom stereocenters. The monoisotopic (exact) mass is 522 g/mol. The number of carbonyl (C=O) groups is 2. The summed E-state index contributed by atoms with van der Waals surface area (Å²) in [6.07, 6.45) is 2.24. The molecule has 182 valence electrons. The van der Waals surface area contributed by atoms with Crippen molar-refractivity contribution in [1.82, 2.24) is 14.8 Å². The van der Waals surface area contributed by atoms with E-state index in [2.05, 4.69) is 15.5 Å². The second-order valence-corrected chi connectivity index (χ2v) is 9.97. The molecule has 3 rings (SSSR count). The van der Waals surface area contributed by atoms with E-state index in [1.807, 2.05) is 43.7 Å². The molecule has 2 aromatic heterocycles. The molecule has 34 heavy (non-hydrogen) atoms. The van der Waals surface area contributed by atoms with Gasteiger partial charge in [0.2, 0.25) is 5.91 Å². The number of thiophene rings is 1. The Bertz CT molecular complexity index is 1160. The van der Waals surface area contributed by atoms with Gasteiger partial charge in [-0.1, -0.05) is 30.3 Å². The summed E-state index contributed by atoms with van der Waals surface area (Å²) in [4.78, 5) is 25.5. The molecule has 11 heteroatoms. The van der Waals surface area contributed by atoms with Gasteiger partial charge in [0, 0.05) is 23.4 Å². The summed E-state index contributed by atoms with van der Waals surface area (Å²) < 4.78 is 12.5. The third-order valence-corrected chi connectivity index (χ3v) is 7.44. The fourth-order valence-corrected chi connectivity index (χ4v) is 5.10. The first kappa shape index (κ1) is 26.1. The Hall–Kier alpha value is -2.56. The fraction of sp³-hybridized carbons (Fsp3) is 0.391. The van der Waals surface area contributed by atoms with Crippen LogP contribution in [0.3, 0.4) is 0 Å². The van der Waals surface area contributed by atoms with Gasteiger partial charge in [-0.3, -0.25) is 4.79 Å². The summed E-state index contributed by atoms with van der Waals surface area (Å²) >= 11 is 8.64. The van der Waals surface area contributed by atoms with Gasteiger partial charge < -0.3 is 19.4 Å². The molecule has 2 heterocycles. The van der Waals surface area contributed by atoms with Crippen molar-refractivity contribution >= 4 is 51.6 Å². The summed E-state index contributed by atoms with van der Waals surface area (Å²) in [7, 11) is 3.20. The smallest absolute Gasteiger partial charge is 0.340 e. The molecule has 1 N–H and O–H groups in total. The number of anilines is 1. The van der Waals surface area contributed by atoms with Crippen LogP contribution < -0.4 is 10.1 Å². The van der Waals surface area contributed by atoms with Crippen LogP contribution in [0, 0.1) is 6.92 Å². The third-order valence-electron chi connectivity index (χ3n) is 4.99. The standard InChI is InChI=1S/C23H27ClN4O4S2/c1-5-16-12-17(22(30)31-4)21(34-16)25-20(29)13-33-23-27-26-19(28(23)3)7-6-10-32-18-9-8-15(24)11-14(18)2/h8-9,11-12H,5-7,10,13H2,1-4H3,(H,25,29). The first-order valence-corrected chi connectivity index (χ1v) is 12.9. The highest BCUT2D eigenvalue weighted by Gasteiger charge is 2.19. The highest BCUT2D eigenvalue weighted by Crippen LogP contribution is 2.29. The average Bonchev–Trinajstić information content (AvgIpc) is 3.39. The maximum absolute atomic E-state index is 12.5. The Balaban J connectivity index is 1.49. The minimum Gasteiger partial charge on any atom is -0.493 e. The van der Waals surface area contributed by atoms with Crippen molar-refractivity contribution in [3.05, 3.63) is 51.1 Å². The van der Waals surface area contributed by atoms with Crippen LogP contribution in [-0.4, -0.2) is 46.1 Å². The van der Waals surface area contributed by atoms with Crippen LogP contribution in [0.25, 0.3) is 0 Å². The van der Waals surface area contributed by atoms with E-state index in [1.165, 1.54) is 30.2 Å². The Labute approximate surface area is 212 Å². The largest absolute Gasteiger partial charge is 0.493 e. The lowest BCUT2D eigenvalue weighted by Crippen LogP contribution is -2.16. The van der Waals surface area contributed by atoms with Crippen LogP contribution in [0.4, 0.5) is 5.00 Å². The van der Waals surface area contributed by atoms with E-state index < -0.39 is 5.97 Å². The van der Waals surface area contributed by atoms with Crippen molar-refractivity contribution in [2.24, 2.45) is 7.05 Å². The lowest BCUT2D eigenvalue weighted by molar-refractivity contribution is -0.113. The van der Waals surface area contributed by atoms with E-state index in [-0.39, 0.29) is 11.7 Å². The van der Waals surface area contributed by atoms with Crippen molar-refractivity contribution in [3.8, 4) is 5.75 Å². The van der Waals surface area contributed by atoms with E-state index in [0.29, 0.717) is 33.8 Å². The minimum absolute atomic E-state index is 0.144. The predicted octanol–water partition coefficient (Wildman–Crippen LogP) is 4.93. The molecule has 0 fully saturated rings. The number of hydrogen-bond donors (Lipinski definition) is 1. The van der Waals surface area contributed by atoms with Crippen LogP contribution in [0.5, 0.6) is 5.75 Å². The summed E-state index contributed by atoms with van der Waals surface area (Å²) in [5, 5.41) is 13.1. The maximum atomic E-state index is 12.5. The van der Waals surface area contributed by atoms with E-state index in [9.17, 15) is 9.59 Å². The zero-order valence-electron chi connectivity index (χ0n) is 19.5. The van der Waals surface area contributed by atoms with Gasteiger partial charge in [-0.05, 0) is 49.6 Å². The van der Waals surface area contributed by atoms with Crippen molar-refractivity contribution in [3.63, 3.8) is 0 Å². The van der Waals surface area contributed by atoms with Crippen LogP contribution in [-0.2, 0) is 29.4 Å². The molecule has 0 radical (unpaired) electrons. The molecule has 0 saturated heterocycles. The Morgan fingerprint density at radius 2 is 2.06 bits per heavy atom. The second kappa shape index (κ2) is 12.2. The summed E-state index contributed by atoms with van der Waals surface area (Å²) in [5.74, 6) is 1.09. The number of rotatable bonds is 11. The molecule has 1 amide bonds. The molecule has 0 bridgehead atoms. The zero-order valence-corrected chi connectivity index (χ0v) is 21.9. The molecular weight excluding hydrogens is 496 g/mol. The number of ether oxygens (including phenoxy) is 2. The topological polar surface area (TPSA) is 95.3 Å². The molecule has 0 aliphatic heterocycles. The average molecular weight is 523 g/mol. The van der Waals surface area contributed by atoms with E-state index in [0.717, 1.165) is 34.9 Å². The van der Waals surface area contributed by atoms with Gasteiger partial charge in [-0.2, -0.15) is 0 Å². The number of nitrogens with zero attached hydrogens (tertiary/aromatic N) is 3. The van der Waals surface area contributed by atoms with Crippen LogP contribution in [0.2, 0.25) is 5.02 Å². The fourth-order valence-electron chi connectivity index (χ4n) is 3.14. The predicted molar refractivity (Wildman–Crippen MR) is 135 cm³/mol. The SMILES string of the molecule is CCc1cc(C(=O)OC)c(NC(=O)CSc2nnc(CCCOc3ccc(Cl)cc3C)n2C)s1. The first-order chi connectivity index (χ1) is 16.3. The van der Waals surface area contributed by atoms with Gasteiger partial charge in [0.25, 0.3) is 0 Å². The maximum Gasteiger partial charge on any atom is 0.340 e. The molecule has 0 unspecified atom stereocenters. The molecule has 0 aliphatic carbocycles. The molecule has 0 spiro atoms. The van der Waals surface area contributed by atoms with Crippen molar-refractivity contribution in [2.45, 2.75) is 38.3 Å². The van der Waals surface area contributed by atoms with E-state index in [4.69, 9.17) is 21.1 Å². The van der Waals surface area contributed by atoms with Gasteiger partial charge in [-0.25, -0.2) is 4.79 Å². The quantitative estimate of drug-likeness (QED) is 0.217. The number of esters is 1. The summed E-state index contributed by atoms with van der Waals surface area (Å²) in [5.41, 5.74) is 1.37. The molecule has 1 aromatic carbocycles. The number of thioether (sulfide) groups is 1. The van der Waals surface area contributed by atoms with Crippen LogP contribution in [0.15, 0.2) is 29.4 Å². The Morgan fingerprint density at radius 1 is 1.26 bits per heavy atom. The van der Waals surface area contributed by atoms with Crippen molar-refractivity contribution in [1.29, 1.82) is 0 Å². The highest BCUT2D eigenvalue weighted by atomic mass is 35.5. The lowest BCUT2D eigenvalue weighted by Gasteiger charge is -2.09. The van der Waals surface area contributed by atoms with Gasteiger partial charge >= 0.3 is 5.97 Å². The Morgan fingerprint density at radius 3 is 2.76 bits per heavy atom. The normalized spacial score (nSPS) is 10.9. The number of benzene rings is 1. The number of hydrogen-bond acceptors (Lipinski definition) is 8. The Kier molecular flexibility index (Phi) is 9.37. The van der Waals surface area contributed by atoms with Gasteiger partial charge in [0.1, 0.15) is 16.6 Å². The molecule has 0 saturated carbocycles. The van der Waals surface area contributed by atoms with Gasteiger partial charge in [-0.15, -0.1) is 21.5 Å². The van der Waals surface area contributed by atoms with Crippen LogP contribution in [0.1, 0.15) is 40.0 Å². The zero-order chi connectivity index (χ0) is 24.7.